The summed E-state index contributed by atoms with van der Waals surface area (Å²) in [4.78, 5) is 10.6. The van der Waals surface area contributed by atoms with Crippen molar-refractivity contribution in [3.63, 3.8) is 0 Å². The number of benzene rings is 2. The van der Waals surface area contributed by atoms with Crippen LogP contribution in [0.3, 0.4) is 0 Å². The van der Waals surface area contributed by atoms with Gasteiger partial charge in [-0.3, -0.25) is 10.1 Å². The lowest BCUT2D eigenvalue weighted by Gasteiger charge is -2.13. The first kappa shape index (κ1) is 15.8. The number of nitro groups is 1. The van der Waals surface area contributed by atoms with Gasteiger partial charge in [-0.25, -0.2) is 0 Å². The van der Waals surface area contributed by atoms with Crippen molar-refractivity contribution >= 4 is 33.2 Å². The lowest BCUT2D eigenvalue weighted by Crippen LogP contribution is -2.02. The second-order valence-electron chi connectivity index (χ2n) is 4.47. The molecule has 0 heterocycles. The molecule has 21 heavy (non-hydrogen) atoms. The quantitative estimate of drug-likeness (QED) is 0.423. The van der Waals surface area contributed by atoms with E-state index in [4.69, 9.17) is 16.3 Å². The summed E-state index contributed by atoms with van der Waals surface area (Å²) in [7, 11) is 0. The molecular weight excluding hydrogens is 358 g/mol. The number of hydrogen-bond donors (Lipinski definition) is 0. The van der Waals surface area contributed by atoms with Gasteiger partial charge >= 0.3 is 0 Å². The SMILES string of the molecule is Cc1c(COc2c(Br)cccc2CCl)cccc1[N+](=O)[O-]. The second-order valence-corrected chi connectivity index (χ2v) is 5.59. The molecule has 0 aliphatic heterocycles. The van der Waals surface area contributed by atoms with Gasteiger partial charge in [-0.2, -0.15) is 0 Å². The fraction of sp³-hybridized carbons (Fsp3) is 0.200. The lowest BCUT2D eigenvalue weighted by atomic mass is 10.1. The average Bonchev–Trinajstić information content (AvgIpc) is 2.46. The zero-order chi connectivity index (χ0) is 15.4. The fourth-order valence-corrected chi connectivity index (χ4v) is 2.73. The van der Waals surface area contributed by atoms with Crippen LogP contribution in [0.5, 0.6) is 5.75 Å². The maximum Gasteiger partial charge on any atom is 0.272 e. The van der Waals surface area contributed by atoms with Gasteiger partial charge in [-0.05, 0) is 34.5 Å². The van der Waals surface area contributed by atoms with Crippen LogP contribution in [0, 0.1) is 17.0 Å². The second kappa shape index (κ2) is 6.91. The van der Waals surface area contributed by atoms with E-state index in [2.05, 4.69) is 15.9 Å². The zero-order valence-electron chi connectivity index (χ0n) is 11.3. The summed E-state index contributed by atoms with van der Waals surface area (Å²) in [6, 6.07) is 10.6. The monoisotopic (exact) mass is 369 g/mol. The molecular formula is C15H13BrClNO3. The first-order valence-corrected chi connectivity index (χ1v) is 7.56. The van der Waals surface area contributed by atoms with E-state index in [1.165, 1.54) is 6.07 Å². The molecule has 2 aromatic carbocycles. The van der Waals surface area contributed by atoms with E-state index < -0.39 is 0 Å². The summed E-state index contributed by atoms with van der Waals surface area (Å²) < 4.78 is 6.62. The van der Waals surface area contributed by atoms with Crippen molar-refractivity contribution in [2.45, 2.75) is 19.4 Å². The van der Waals surface area contributed by atoms with Crippen molar-refractivity contribution in [2.24, 2.45) is 0 Å². The van der Waals surface area contributed by atoms with Gasteiger partial charge in [0.25, 0.3) is 5.69 Å². The summed E-state index contributed by atoms with van der Waals surface area (Å²) in [5.41, 5.74) is 2.36. The Morgan fingerprint density at radius 3 is 2.57 bits per heavy atom. The van der Waals surface area contributed by atoms with Crippen molar-refractivity contribution in [2.75, 3.05) is 0 Å². The lowest BCUT2D eigenvalue weighted by molar-refractivity contribution is -0.385. The van der Waals surface area contributed by atoms with Gasteiger partial charge in [0.15, 0.2) is 0 Å². The largest absolute Gasteiger partial charge is 0.487 e. The summed E-state index contributed by atoms with van der Waals surface area (Å²) >= 11 is 9.32. The molecule has 0 fully saturated rings. The minimum atomic E-state index is -0.387. The molecule has 0 spiro atoms. The number of rotatable bonds is 5. The number of hydrogen-bond acceptors (Lipinski definition) is 3. The predicted octanol–water partition coefficient (Wildman–Crippen LogP) is 4.98. The third-order valence-electron chi connectivity index (χ3n) is 3.18. The third kappa shape index (κ3) is 3.54. The Kier molecular flexibility index (Phi) is 5.20. The van der Waals surface area contributed by atoms with Gasteiger partial charge in [0.1, 0.15) is 12.4 Å². The van der Waals surface area contributed by atoms with Gasteiger partial charge in [-0.1, -0.05) is 24.3 Å². The van der Waals surface area contributed by atoms with E-state index in [0.29, 0.717) is 17.2 Å². The van der Waals surface area contributed by atoms with E-state index in [0.717, 1.165) is 15.6 Å². The van der Waals surface area contributed by atoms with Crippen LogP contribution in [0.2, 0.25) is 0 Å². The molecule has 6 heteroatoms. The van der Waals surface area contributed by atoms with Crippen LogP contribution in [0.15, 0.2) is 40.9 Å². The standard InChI is InChI=1S/C15H13BrClNO3/c1-10-12(5-3-7-14(10)18(19)20)9-21-15-11(8-17)4-2-6-13(15)16/h2-7H,8-9H2,1H3. The molecule has 0 aromatic heterocycles. The summed E-state index contributed by atoms with van der Waals surface area (Å²) in [6.07, 6.45) is 0. The minimum absolute atomic E-state index is 0.0980. The van der Waals surface area contributed by atoms with Gasteiger partial charge in [-0.15, -0.1) is 11.6 Å². The molecule has 0 amide bonds. The molecule has 0 N–H and O–H groups in total. The molecule has 2 rings (SSSR count). The van der Waals surface area contributed by atoms with Crippen LogP contribution in [0.4, 0.5) is 5.69 Å². The summed E-state index contributed by atoms with van der Waals surface area (Å²) in [5.74, 6) is 1.00. The first-order valence-electron chi connectivity index (χ1n) is 6.23. The van der Waals surface area contributed by atoms with E-state index in [1.54, 1.807) is 13.0 Å². The molecule has 0 bridgehead atoms. The van der Waals surface area contributed by atoms with Crippen LogP contribution in [0.1, 0.15) is 16.7 Å². The van der Waals surface area contributed by atoms with Crippen LogP contribution < -0.4 is 4.74 Å². The molecule has 0 unspecified atom stereocenters. The number of nitro benzene ring substituents is 1. The molecule has 2 aromatic rings. The molecule has 110 valence electrons. The Morgan fingerprint density at radius 1 is 1.24 bits per heavy atom. The smallest absolute Gasteiger partial charge is 0.272 e. The number of nitrogens with zero attached hydrogens (tertiary/aromatic N) is 1. The Balaban J connectivity index is 2.25. The number of para-hydroxylation sites is 1. The maximum absolute atomic E-state index is 10.9. The minimum Gasteiger partial charge on any atom is -0.487 e. The highest BCUT2D eigenvalue weighted by atomic mass is 79.9. The Labute approximate surface area is 136 Å². The van der Waals surface area contributed by atoms with Crippen molar-refractivity contribution < 1.29 is 9.66 Å². The molecule has 0 aliphatic rings. The molecule has 0 saturated carbocycles. The fourth-order valence-electron chi connectivity index (χ4n) is 1.99. The topological polar surface area (TPSA) is 52.4 Å². The summed E-state index contributed by atoms with van der Waals surface area (Å²) in [6.45, 7) is 1.97. The number of ether oxygens (including phenoxy) is 1. The average molecular weight is 371 g/mol. The van der Waals surface area contributed by atoms with Crippen molar-refractivity contribution in [1.82, 2.24) is 0 Å². The van der Waals surface area contributed by atoms with Gasteiger partial charge in [0, 0.05) is 17.2 Å². The normalized spacial score (nSPS) is 10.4. The third-order valence-corrected chi connectivity index (χ3v) is 4.09. The number of alkyl halides is 1. The Morgan fingerprint density at radius 2 is 1.90 bits per heavy atom. The van der Waals surface area contributed by atoms with Gasteiger partial charge in [0.05, 0.1) is 15.3 Å². The highest BCUT2D eigenvalue weighted by Gasteiger charge is 2.14. The number of halogens is 2. The zero-order valence-corrected chi connectivity index (χ0v) is 13.6. The van der Waals surface area contributed by atoms with Crippen LogP contribution in [-0.2, 0) is 12.5 Å². The molecule has 4 nitrogen and oxygen atoms in total. The van der Waals surface area contributed by atoms with Crippen LogP contribution >= 0.6 is 27.5 Å². The maximum atomic E-state index is 10.9. The molecule has 0 saturated heterocycles. The Hall–Kier alpha value is -1.59. The Bertz CT molecular complexity index is 676. The van der Waals surface area contributed by atoms with Crippen molar-refractivity contribution in [3.05, 3.63) is 67.7 Å². The van der Waals surface area contributed by atoms with Crippen LogP contribution in [0.25, 0.3) is 0 Å². The predicted molar refractivity (Wildman–Crippen MR) is 85.9 cm³/mol. The molecule has 0 aliphatic carbocycles. The highest BCUT2D eigenvalue weighted by molar-refractivity contribution is 9.10. The highest BCUT2D eigenvalue weighted by Crippen LogP contribution is 2.31. The van der Waals surface area contributed by atoms with Crippen LogP contribution in [-0.4, -0.2) is 4.92 Å². The van der Waals surface area contributed by atoms with E-state index in [1.807, 2.05) is 24.3 Å². The van der Waals surface area contributed by atoms with E-state index in [9.17, 15) is 10.1 Å². The van der Waals surface area contributed by atoms with Gasteiger partial charge in [0.2, 0.25) is 0 Å². The molecule has 0 atom stereocenters. The van der Waals surface area contributed by atoms with E-state index in [-0.39, 0.29) is 17.2 Å². The van der Waals surface area contributed by atoms with Crippen molar-refractivity contribution in [1.29, 1.82) is 0 Å². The molecule has 0 radical (unpaired) electrons. The van der Waals surface area contributed by atoms with Gasteiger partial charge < -0.3 is 4.74 Å². The van der Waals surface area contributed by atoms with E-state index >= 15 is 0 Å². The summed E-state index contributed by atoms with van der Waals surface area (Å²) in [5, 5.41) is 10.9. The first-order chi connectivity index (χ1) is 10.0. The van der Waals surface area contributed by atoms with Crippen molar-refractivity contribution in [3.8, 4) is 5.75 Å².